The number of nitrogens with zero attached hydrogens (tertiary/aromatic N) is 1. The Morgan fingerprint density at radius 2 is 2.19 bits per heavy atom. The lowest BCUT2D eigenvalue weighted by molar-refractivity contribution is -0.123. The zero-order valence-corrected chi connectivity index (χ0v) is 12.2. The van der Waals surface area contributed by atoms with Crippen molar-refractivity contribution in [1.82, 2.24) is 10.3 Å². The van der Waals surface area contributed by atoms with Crippen LogP contribution in [0.5, 0.6) is 0 Å². The minimum absolute atomic E-state index is 0.0292. The van der Waals surface area contributed by atoms with Crippen LogP contribution in [-0.4, -0.2) is 22.0 Å². The van der Waals surface area contributed by atoms with Gasteiger partial charge in [0.1, 0.15) is 9.88 Å². The average molecular weight is 302 g/mol. The summed E-state index contributed by atoms with van der Waals surface area (Å²) in [5.41, 5.74) is 2.79. The maximum atomic E-state index is 12.1. The van der Waals surface area contributed by atoms with Gasteiger partial charge in [-0.05, 0) is 24.5 Å². The number of benzene rings is 1. The van der Waals surface area contributed by atoms with Gasteiger partial charge in [-0.25, -0.2) is 9.78 Å². The number of thiazole rings is 1. The third kappa shape index (κ3) is 2.54. The first kappa shape index (κ1) is 13.8. The largest absolute Gasteiger partial charge is 0.477 e. The van der Waals surface area contributed by atoms with Crippen molar-refractivity contribution < 1.29 is 14.7 Å². The van der Waals surface area contributed by atoms with E-state index in [1.165, 1.54) is 5.56 Å². The van der Waals surface area contributed by atoms with Gasteiger partial charge in [-0.1, -0.05) is 24.3 Å². The number of rotatable bonds is 4. The van der Waals surface area contributed by atoms with Crippen molar-refractivity contribution >= 4 is 23.2 Å². The number of carboxylic acids is 1. The number of nitrogens with one attached hydrogen (secondary N) is 1. The second kappa shape index (κ2) is 5.29. The van der Waals surface area contributed by atoms with Crippen LogP contribution >= 0.6 is 11.3 Å². The molecule has 108 valence electrons. The summed E-state index contributed by atoms with van der Waals surface area (Å²) in [6.07, 6.45) is 0.763. The molecule has 1 aliphatic carbocycles. The van der Waals surface area contributed by atoms with Crippen molar-refractivity contribution in [2.24, 2.45) is 0 Å². The summed E-state index contributed by atoms with van der Waals surface area (Å²) in [7, 11) is 0. The number of hydrogen-bond donors (Lipinski definition) is 2. The van der Waals surface area contributed by atoms with Gasteiger partial charge in [-0.3, -0.25) is 4.79 Å². The van der Waals surface area contributed by atoms with Gasteiger partial charge < -0.3 is 10.4 Å². The SMILES string of the molecule is Cc1nc(CNC(=O)C2Cc3ccccc32)sc1C(=O)O. The van der Waals surface area contributed by atoms with E-state index in [9.17, 15) is 9.59 Å². The molecule has 1 aromatic heterocycles. The minimum Gasteiger partial charge on any atom is -0.477 e. The van der Waals surface area contributed by atoms with Crippen LogP contribution in [0, 0.1) is 6.92 Å². The molecule has 1 atom stereocenters. The summed E-state index contributed by atoms with van der Waals surface area (Å²) in [5, 5.41) is 12.4. The molecular formula is C15H14N2O3S. The quantitative estimate of drug-likeness (QED) is 0.906. The van der Waals surface area contributed by atoms with Crippen molar-refractivity contribution in [1.29, 1.82) is 0 Å². The summed E-state index contributed by atoms with van der Waals surface area (Å²) in [6.45, 7) is 1.93. The molecule has 1 unspecified atom stereocenters. The first-order valence-electron chi connectivity index (χ1n) is 6.61. The molecule has 3 rings (SSSR count). The molecule has 0 bridgehead atoms. The highest BCUT2D eigenvalue weighted by Crippen LogP contribution is 2.34. The van der Waals surface area contributed by atoms with Gasteiger partial charge in [0, 0.05) is 0 Å². The van der Waals surface area contributed by atoms with E-state index in [0.717, 1.165) is 23.3 Å². The molecule has 2 aromatic rings. The fourth-order valence-corrected chi connectivity index (χ4v) is 3.35. The molecule has 6 heteroatoms. The highest BCUT2D eigenvalue weighted by molar-refractivity contribution is 7.13. The fourth-order valence-electron chi connectivity index (χ4n) is 2.51. The van der Waals surface area contributed by atoms with Gasteiger partial charge in [0.05, 0.1) is 18.2 Å². The monoisotopic (exact) mass is 302 g/mol. The van der Waals surface area contributed by atoms with Crippen LogP contribution in [0.15, 0.2) is 24.3 Å². The molecule has 1 heterocycles. The Morgan fingerprint density at radius 1 is 1.43 bits per heavy atom. The second-order valence-electron chi connectivity index (χ2n) is 5.00. The van der Waals surface area contributed by atoms with Crippen LogP contribution in [0.4, 0.5) is 0 Å². The van der Waals surface area contributed by atoms with Crippen molar-refractivity contribution in [2.75, 3.05) is 0 Å². The van der Waals surface area contributed by atoms with Crippen LogP contribution in [-0.2, 0) is 17.8 Å². The zero-order valence-electron chi connectivity index (χ0n) is 11.4. The first-order valence-corrected chi connectivity index (χ1v) is 7.43. The van der Waals surface area contributed by atoms with Crippen molar-refractivity contribution in [3.8, 4) is 0 Å². The molecule has 0 aliphatic heterocycles. The van der Waals surface area contributed by atoms with E-state index >= 15 is 0 Å². The summed E-state index contributed by atoms with van der Waals surface area (Å²) in [6, 6.07) is 7.90. The predicted molar refractivity (Wildman–Crippen MR) is 78.5 cm³/mol. The maximum absolute atomic E-state index is 12.1. The fraction of sp³-hybridized carbons (Fsp3) is 0.267. The minimum atomic E-state index is -0.976. The van der Waals surface area contributed by atoms with E-state index in [1.807, 2.05) is 24.3 Å². The van der Waals surface area contributed by atoms with Crippen molar-refractivity contribution in [2.45, 2.75) is 25.8 Å². The Balaban J connectivity index is 1.63. The average Bonchev–Trinajstić information content (AvgIpc) is 2.79. The number of carbonyl (C=O) groups excluding carboxylic acids is 1. The van der Waals surface area contributed by atoms with E-state index in [1.54, 1.807) is 6.92 Å². The normalized spacial score (nSPS) is 16.0. The standard InChI is InChI=1S/C15H14N2O3S/c1-8-13(15(19)20)21-12(17-8)7-16-14(18)11-6-9-4-2-3-5-10(9)11/h2-5,11H,6-7H2,1H3,(H,16,18)(H,19,20). The van der Waals surface area contributed by atoms with Gasteiger partial charge in [0.25, 0.3) is 0 Å². The van der Waals surface area contributed by atoms with Crippen LogP contribution < -0.4 is 5.32 Å². The maximum Gasteiger partial charge on any atom is 0.347 e. The molecule has 0 saturated carbocycles. The number of amides is 1. The Kier molecular flexibility index (Phi) is 3.47. The lowest BCUT2D eigenvalue weighted by atomic mass is 9.77. The number of carboxylic acid groups (broad SMARTS) is 1. The lowest BCUT2D eigenvalue weighted by Crippen LogP contribution is -2.35. The smallest absolute Gasteiger partial charge is 0.347 e. The molecule has 0 radical (unpaired) electrons. The Morgan fingerprint density at radius 3 is 2.86 bits per heavy atom. The highest BCUT2D eigenvalue weighted by atomic mass is 32.1. The Labute approximate surface area is 125 Å². The summed E-state index contributed by atoms with van der Waals surface area (Å²) >= 11 is 1.11. The van der Waals surface area contributed by atoms with E-state index in [4.69, 9.17) is 5.11 Å². The van der Waals surface area contributed by atoms with Gasteiger partial charge >= 0.3 is 5.97 Å². The van der Waals surface area contributed by atoms with Gasteiger partial charge in [0.2, 0.25) is 5.91 Å². The molecular weight excluding hydrogens is 288 g/mol. The Bertz CT molecular complexity index is 723. The van der Waals surface area contributed by atoms with Crippen molar-refractivity contribution in [3.63, 3.8) is 0 Å². The molecule has 2 N–H and O–H groups in total. The van der Waals surface area contributed by atoms with Crippen LogP contribution in [0.1, 0.15) is 37.4 Å². The van der Waals surface area contributed by atoms with E-state index in [2.05, 4.69) is 10.3 Å². The Hall–Kier alpha value is -2.21. The second-order valence-corrected chi connectivity index (χ2v) is 6.08. The number of fused-ring (bicyclic) bond motifs is 1. The van der Waals surface area contributed by atoms with Gasteiger partial charge in [0.15, 0.2) is 0 Å². The number of aromatic nitrogens is 1. The highest BCUT2D eigenvalue weighted by Gasteiger charge is 2.31. The van der Waals surface area contributed by atoms with E-state index < -0.39 is 5.97 Å². The third-order valence-corrected chi connectivity index (χ3v) is 4.77. The van der Waals surface area contributed by atoms with Crippen LogP contribution in [0.25, 0.3) is 0 Å². The molecule has 1 aliphatic rings. The lowest BCUT2D eigenvalue weighted by Gasteiger charge is -2.28. The van der Waals surface area contributed by atoms with Crippen molar-refractivity contribution in [3.05, 3.63) is 51.0 Å². The number of aryl methyl sites for hydroxylation is 1. The molecule has 0 spiro atoms. The molecule has 0 saturated heterocycles. The molecule has 21 heavy (non-hydrogen) atoms. The first-order chi connectivity index (χ1) is 10.1. The number of carbonyl (C=O) groups is 2. The van der Waals surface area contributed by atoms with Gasteiger partial charge in [-0.2, -0.15) is 0 Å². The van der Waals surface area contributed by atoms with E-state index in [0.29, 0.717) is 10.7 Å². The summed E-state index contributed by atoms with van der Waals surface area (Å²) < 4.78 is 0. The van der Waals surface area contributed by atoms with E-state index in [-0.39, 0.29) is 23.2 Å². The summed E-state index contributed by atoms with van der Waals surface area (Å²) in [4.78, 5) is 27.5. The topological polar surface area (TPSA) is 79.3 Å². The molecule has 5 nitrogen and oxygen atoms in total. The third-order valence-electron chi connectivity index (χ3n) is 3.62. The van der Waals surface area contributed by atoms with Crippen LogP contribution in [0.3, 0.4) is 0 Å². The molecule has 1 amide bonds. The number of aromatic carboxylic acids is 1. The number of hydrogen-bond acceptors (Lipinski definition) is 4. The zero-order chi connectivity index (χ0) is 15.0. The van der Waals surface area contributed by atoms with Crippen LogP contribution in [0.2, 0.25) is 0 Å². The van der Waals surface area contributed by atoms with Gasteiger partial charge in [-0.15, -0.1) is 11.3 Å². The molecule has 0 fully saturated rings. The molecule has 1 aromatic carbocycles. The predicted octanol–water partition coefficient (Wildman–Crippen LogP) is 2.11. The summed E-state index contributed by atoms with van der Waals surface area (Å²) in [5.74, 6) is -1.10.